The maximum atomic E-state index is 11.4. The highest BCUT2D eigenvalue weighted by Gasteiger charge is 2.32. The van der Waals surface area contributed by atoms with Crippen LogP contribution in [0.25, 0.3) is 0 Å². The number of quaternary nitrogens is 1. The van der Waals surface area contributed by atoms with Crippen LogP contribution in [0.4, 0.5) is 0 Å². The van der Waals surface area contributed by atoms with E-state index in [0.717, 1.165) is 0 Å². The Balaban J connectivity index is 4.57. The summed E-state index contributed by atoms with van der Waals surface area (Å²) in [5.41, 5.74) is -0.374. The molecular weight excluding hydrogens is 218 g/mol. The van der Waals surface area contributed by atoms with Crippen molar-refractivity contribution < 1.29 is 19.2 Å². The summed E-state index contributed by atoms with van der Waals surface area (Å²) in [6, 6.07) is 0. The number of carbonyl (C=O) groups is 2. The standard InChI is InChI=1S/C10H18ClNO3/c1-5-8(13)7(10(14)15)6-9(11)12(2,3)4/h7,9H,5-6H2,1-4H3/p+1/t7-,9+/m0/s1. The molecule has 4 nitrogen and oxygen atoms in total. The number of hydrogen-bond acceptors (Lipinski definition) is 2. The number of carboxylic acids is 1. The van der Waals surface area contributed by atoms with Gasteiger partial charge in [-0.1, -0.05) is 18.5 Å². The molecule has 0 aliphatic heterocycles. The molecule has 0 saturated carbocycles. The molecule has 0 aromatic heterocycles. The third-order valence-electron chi connectivity index (χ3n) is 2.31. The summed E-state index contributed by atoms with van der Waals surface area (Å²) < 4.78 is 0.433. The van der Waals surface area contributed by atoms with Crippen LogP contribution in [0.2, 0.25) is 0 Å². The van der Waals surface area contributed by atoms with Crippen LogP contribution >= 0.6 is 11.6 Å². The maximum Gasteiger partial charge on any atom is 0.314 e. The van der Waals surface area contributed by atoms with E-state index in [1.54, 1.807) is 6.92 Å². The van der Waals surface area contributed by atoms with Crippen molar-refractivity contribution in [3.8, 4) is 0 Å². The topological polar surface area (TPSA) is 54.4 Å². The van der Waals surface area contributed by atoms with Gasteiger partial charge in [0.2, 0.25) is 0 Å². The van der Waals surface area contributed by atoms with Crippen molar-refractivity contribution in [3.05, 3.63) is 0 Å². The highest BCUT2D eigenvalue weighted by atomic mass is 35.5. The van der Waals surface area contributed by atoms with E-state index in [1.165, 1.54) is 0 Å². The average molecular weight is 237 g/mol. The first-order chi connectivity index (χ1) is 6.70. The first-order valence-corrected chi connectivity index (χ1v) is 5.34. The number of hydrogen-bond donors (Lipinski definition) is 1. The van der Waals surface area contributed by atoms with E-state index in [0.29, 0.717) is 4.48 Å². The molecule has 88 valence electrons. The molecule has 1 N–H and O–H groups in total. The second kappa shape index (κ2) is 5.47. The fourth-order valence-electron chi connectivity index (χ4n) is 1.13. The number of rotatable bonds is 6. The number of halogens is 1. The molecule has 15 heavy (non-hydrogen) atoms. The minimum absolute atomic E-state index is 0.174. The third kappa shape index (κ3) is 4.62. The van der Waals surface area contributed by atoms with Crippen molar-refractivity contribution in [2.75, 3.05) is 21.1 Å². The quantitative estimate of drug-likeness (QED) is 0.328. The van der Waals surface area contributed by atoms with Gasteiger partial charge in [-0.05, 0) is 0 Å². The molecule has 5 heteroatoms. The Labute approximate surface area is 95.4 Å². The van der Waals surface area contributed by atoms with E-state index in [9.17, 15) is 9.59 Å². The summed E-state index contributed by atoms with van der Waals surface area (Å²) in [5, 5.41) is 8.90. The third-order valence-corrected chi connectivity index (χ3v) is 3.07. The Morgan fingerprint density at radius 3 is 2.07 bits per heavy atom. The van der Waals surface area contributed by atoms with Crippen LogP contribution in [-0.4, -0.2) is 48.0 Å². The number of ketones is 1. The van der Waals surface area contributed by atoms with Gasteiger partial charge in [-0.25, -0.2) is 0 Å². The molecule has 0 bridgehead atoms. The summed E-state index contributed by atoms with van der Waals surface area (Å²) in [6.45, 7) is 1.66. The predicted octanol–water partition coefficient (Wildman–Crippen LogP) is 1.33. The molecule has 0 saturated heterocycles. The Morgan fingerprint density at radius 1 is 1.33 bits per heavy atom. The fraction of sp³-hybridized carbons (Fsp3) is 0.800. The molecule has 0 aromatic rings. The zero-order valence-electron chi connectivity index (χ0n) is 9.66. The molecule has 0 fully saturated rings. The van der Waals surface area contributed by atoms with E-state index >= 15 is 0 Å². The van der Waals surface area contributed by atoms with Gasteiger partial charge in [0.1, 0.15) is 11.7 Å². The van der Waals surface area contributed by atoms with Gasteiger partial charge in [0.15, 0.2) is 5.50 Å². The Kier molecular flexibility index (Phi) is 5.24. The number of carboxylic acid groups (broad SMARTS) is 1. The summed E-state index contributed by atoms with van der Waals surface area (Å²) in [7, 11) is 5.60. The van der Waals surface area contributed by atoms with Crippen LogP contribution in [0.3, 0.4) is 0 Å². The summed E-state index contributed by atoms with van der Waals surface area (Å²) in [5.74, 6) is -2.32. The maximum absolute atomic E-state index is 11.4. The van der Waals surface area contributed by atoms with Crippen LogP contribution in [0.1, 0.15) is 19.8 Å². The average Bonchev–Trinajstić information content (AvgIpc) is 2.10. The van der Waals surface area contributed by atoms with Crippen molar-refractivity contribution in [2.24, 2.45) is 5.92 Å². The molecule has 0 aromatic carbocycles. The minimum Gasteiger partial charge on any atom is -0.481 e. The van der Waals surface area contributed by atoms with Crippen LogP contribution in [0.15, 0.2) is 0 Å². The van der Waals surface area contributed by atoms with E-state index in [-0.39, 0.29) is 24.1 Å². The zero-order chi connectivity index (χ0) is 12.2. The van der Waals surface area contributed by atoms with Gasteiger partial charge in [-0.2, -0.15) is 0 Å². The largest absolute Gasteiger partial charge is 0.481 e. The van der Waals surface area contributed by atoms with Crippen LogP contribution in [0, 0.1) is 5.92 Å². The van der Waals surface area contributed by atoms with Crippen molar-refractivity contribution in [1.29, 1.82) is 0 Å². The number of carbonyl (C=O) groups excluding carboxylic acids is 1. The van der Waals surface area contributed by atoms with E-state index in [1.807, 2.05) is 21.1 Å². The van der Waals surface area contributed by atoms with Crippen molar-refractivity contribution in [2.45, 2.75) is 25.3 Å². The first-order valence-electron chi connectivity index (χ1n) is 4.90. The SMILES string of the molecule is CCC(=O)[C@H](C[C@H](Cl)[N+](C)(C)C)C(=O)O. The van der Waals surface area contributed by atoms with Crippen LogP contribution < -0.4 is 0 Å². The lowest BCUT2D eigenvalue weighted by Gasteiger charge is -2.30. The molecule has 0 unspecified atom stereocenters. The van der Waals surface area contributed by atoms with Gasteiger partial charge in [-0.3, -0.25) is 9.59 Å². The number of aliphatic carboxylic acids is 1. The Hall–Kier alpha value is -0.610. The molecule has 0 aliphatic rings. The molecule has 0 heterocycles. The van der Waals surface area contributed by atoms with Gasteiger partial charge >= 0.3 is 5.97 Å². The Morgan fingerprint density at radius 2 is 1.80 bits per heavy atom. The van der Waals surface area contributed by atoms with E-state index in [2.05, 4.69) is 0 Å². The summed E-state index contributed by atoms with van der Waals surface area (Å²) in [4.78, 5) is 22.2. The van der Waals surface area contributed by atoms with Gasteiger partial charge in [0, 0.05) is 12.8 Å². The zero-order valence-corrected chi connectivity index (χ0v) is 10.4. The summed E-state index contributed by atoms with van der Waals surface area (Å²) >= 11 is 6.05. The van der Waals surface area contributed by atoms with Crippen molar-refractivity contribution in [1.82, 2.24) is 0 Å². The molecule has 0 spiro atoms. The van der Waals surface area contributed by atoms with Crippen LogP contribution in [-0.2, 0) is 9.59 Å². The number of Topliss-reactive ketones (excluding diaryl/α,β-unsaturated/α-hetero) is 1. The molecule has 0 amide bonds. The molecule has 0 radical (unpaired) electrons. The van der Waals surface area contributed by atoms with Crippen molar-refractivity contribution >= 4 is 23.4 Å². The van der Waals surface area contributed by atoms with Gasteiger partial charge in [-0.15, -0.1) is 0 Å². The van der Waals surface area contributed by atoms with E-state index in [4.69, 9.17) is 16.7 Å². The van der Waals surface area contributed by atoms with Crippen LogP contribution in [0.5, 0.6) is 0 Å². The smallest absolute Gasteiger partial charge is 0.314 e. The highest BCUT2D eigenvalue weighted by molar-refractivity contribution is 6.20. The van der Waals surface area contributed by atoms with E-state index < -0.39 is 11.9 Å². The lowest BCUT2D eigenvalue weighted by Crippen LogP contribution is -2.44. The van der Waals surface area contributed by atoms with Crippen molar-refractivity contribution in [3.63, 3.8) is 0 Å². The normalized spacial score (nSPS) is 15.8. The second-order valence-corrected chi connectivity index (χ2v) is 5.00. The number of alkyl halides is 1. The molecule has 2 atom stereocenters. The predicted molar refractivity (Wildman–Crippen MR) is 58.7 cm³/mol. The number of nitrogens with zero attached hydrogens (tertiary/aromatic N) is 1. The first kappa shape index (κ1) is 14.4. The van der Waals surface area contributed by atoms with Gasteiger partial charge in [0.05, 0.1) is 21.1 Å². The second-order valence-electron chi connectivity index (χ2n) is 4.50. The molecule has 0 aliphatic carbocycles. The Bertz CT molecular complexity index is 248. The highest BCUT2D eigenvalue weighted by Crippen LogP contribution is 2.19. The molecular formula is C10H19ClNO3+. The molecule has 0 rings (SSSR count). The van der Waals surface area contributed by atoms with Gasteiger partial charge in [0.25, 0.3) is 0 Å². The van der Waals surface area contributed by atoms with Gasteiger partial charge < -0.3 is 9.59 Å². The fourth-order valence-corrected chi connectivity index (χ4v) is 1.31. The monoisotopic (exact) mass is 236 g/mol. The summed E-state index contributed by atoms with van der Waals surface area (Å²) in [6.07, 6.45) is 0.408. The lowest BCUT2D eigenvalue weighted by atomic mass is 9.98. The minimum atomic E-state index is -1.08. The lowest BCUT2D eigenvalue weighted by molar-refractivity contribution is -0.883.